The monoisotopic (exact) mass is 435 g/mol. The van der Waals surface area contributed by atoms with Crippen molar-refractivity contribution >= 4 is 44.7 Å². The molecular weight excluding hydrogens is 414 g/mol. The van der Waals surface area contributed by atoms with E-state index in [1.54, 1.807) is 22.7 Å². The molecule has 3 N–H and O–H groups in total. The minimum Gasteiger partial charge on any atom is -0.356 e. The van der Waals surface area contributed by atoms with Crippen LogP contribution in [-0.2, 0) is 0 Å². The Morgan fingerprint density at radius 2 is 1.87 bits per heavy atom. The average Bonchev–Trinajstić information content (AvgIpc) is 3.44. The van der Waals surface area contributed by atoms with Gasteiger partial charge in [-0.25, -0.2) is 14.8 Å². The molecule has 0 aliphatic carbocycles. The van der Waals surface area contributed by atoms with Gasteiger partial charge < -0.3 is 16.0 Å². The van der Waals surface area contributed by atoms with E-state index in [2.05, 4.69) is 45.9 Å². The summed E-state index contributed by atoms with van der Waals surface area (Å²) in [5.74, 6) is 1.74. The third kappa shape index (κ3) is 3.64. The van der Waals surface area contributed by atoms with E-state index in [1.165, 1.54) is 11.1 Å². The Labute approximate surface area is 182 Å². The quantitative estimate of drug-likeness (QED) is 0.486. The fourth-order valence-corrected chi connectivity index (χ4v) is 5.53. The van der Waals surface area contributed by atoms with Gasteiger partial charge in [-0.15, -0.1) is 22.7 Å². The largest absolute Gasteiger partial charge is 0.356 e. The highest BCUT2D eigenvalue weighted by Crippen LogP contribution is 2.40. The number of nitrogens with two attached hydrogens (primary N) is 1. The zero-order valence-corrected chi connectivity index (χ0v) is 17.9. The standard InChI is InChI=1S/C22H21N5OS2/c23-22(28)24-15-8-10-27(11-9-15)20-18-16(14-5-2-1-3-6-14)13-30-21(18)26-19(25-20)17-7-4-12-29-17/h1-7,12-13,15H,8-11H2,(H3,23,24,28). The number of thiophene rings is 2. The van der Waals surface area contributed by atoms with Gasteiger partial charge in [-0.1, -0.05) is 36.4 Å². The molecule has 4 aromatic rings. The lowest BCUT2D eigenvalue weighted by Crippen LogP contribution is -2.46. The van der Waals surface area contributed by atoms with E-state index in [0.717, 1.165) is 52.7 Å². The number of hydrogen-bond acceptors (Lipinski definition) is 6. The molecule has 2 amide bonds. The number of anilines is 1. The number of nitrogens with one attached hydrogen (secondary N) is 1. The lowest BCUT2D eigenvalue weighted by molar-refractivity contribution is 0.242. The molecule has 3 aromatic heterocycles. The molecule has 8 heteroatoms. The van der Waals surface area contributed by atoms with Crippen LogP contribution >= 0.6 is 22.7 Å². The number of nitrogens with zero attached hydrogens (tertiary/aromatic N) is 3. The van der Waals surface area contributed by atoms with Gasteiger partial charge in [0.15, 0.2) is 5.82 Å². The van der Waals surface area contributed by atoms with Gasteiger partial charge in [0.05, 0.1) is 10.3 Å². The van der Waals surface area contributed by atoms with Crippen molar-refractivity contribution in [1.82, 2.24) is 15.3 Å². The minimum absolute atomic E-state index is 0.115. The first-order valence-electron chi connectivity index (χ1n) is 9.88. The molecule has 5 rings (SSSR count). The number of piperidine rings is 1. The van der Waals surface area contributed by atoms with Gasteiger partial charge in [0, 0.05) is 30.1 Å². The zero-order valence-electron chi connectivity index (χ0n) is 16.2. The Balaban J connectivity index is 1.59. The highest BCUT2D eigenvalue weighted by molar-refractivity contribution is 7.17. The molecule has 4 heterocycles. The van der Waals surface area contributed by atoms with Crippen molar-refractivity contribution in [2.24, 2.45) is 5.73 Å². The number of fused-ring (bicyclic) bond motifs is 1. The number of primary amides is 1. The fraction of sp³-hybridized carbons (Fsp3) is 0.227. The SMILES string of the molecule is NC(=O)NC1CCN(c2nc(-c3cccs3)nc3scc(-c4ccccc4)c23)CC1. The van der Waals surface area contributed by atoms with Crippen molar-refractivity contribution in [2.75, 3.05) is 18.0 Å². The molecule has 1 aromatic carbocycles. The highest BCUT2D eigenvalue weighted by atomic mass is 32.1. The van der Waals surface area contributed by atoms with Gasteiger partial charge in [0.1, 0.15) is 10.6 Å². The van der Waals surface area contributed by atoms with Gasteiger partial charge in [-0.05, 0) is 29.9 Å². The van der Waals surface area contributed by atoms with Gasteiger partial charge >= 0.3 is 6.03 Å². The average molecular weight is 436 g/mol. The maximum absolute atomic E-state index is 11.2. The molecule has 0 atom stereocenters. The number of hydrogen-bond donors (Lipinski definition) is 2. The van der Waals surface area contributed by atoms with Crippen molar-refractivity contribution in [1.29, 1.82) is 0 Å². The summed E-state index contributed by atoms with van der Waals surface area (Å²) in [4.78, 5) is 25.5. The fourth-order valence-electron chi connectivity index (χ4n) is 3.94. The van der Waals surface area contributed by atoms with E-state index >= 15 is 0 Å². The second-order valence-corrected chi connectivity index (χ2v) is 9.12. The second-order valence-electron chi connectivity index (χ2n) is 7.31. The third-order valence-corrected chi connectivity index (χ3v) is 7.12. The summed E-state index contributed by atoms with van der Waals surface area (Å²) in [5, 5.41) is 8.17. The number of rotatable bonds is 4. The van der Waals surface area contributed by atoms with Crippen LogP contribution in [0.4, 0.5) is 10.6 Å². The van der Waals surface area contributed by atoms with Crippen LogP contribution in [0.5, 0.6) is 0 Å². The normalized spacial score (nSPS) is 14.9. The van der Waals surface area contributed by atoms with Crippen molar-refractivity contribution in [3.8, 4) is 21.8 Å². The molecule has 0 saturated carbocycles. The Morgan fingerprint density at radius 3 is 2.57 bits per heavy atom. The Hall–Kier alpha value is -2.97. The van der Waals surface area contributed by atoms with Gasteiger partial charge in [0.2, 0.25) is 0 Å². The van der Waals surface area contributed by atoms with E-state index < -0.39 is 6.03 Å². The molecule has 0 unspecified atom stereocenters. The highest BCUT2D eigenvalue weighted by Gasteiger charge is 2.25. The van der Waals surface area contributed by atoms with Gasteiger partial charge in [-0.3, -0.25) is 0 Å². The Kier molecular flexibility index (Phi) is 5.10. The van der Waals surface area contributed by atoms with Crippen molar-refractivity contribution in [3.05, 3.63) is 53.2 Å². The molecule has 1 aliphatic heterocycles. The van der Waals surface area contributed by atoms with E-state index in [0.29, 0.717) is 0 Å². The summed E-state index contributed by atoms with van der Waals surface area (Å²) in [5.41, 5.74) is 7.64. The number of urea groups is 1. The molecule has 0 radical (unpaired) electrons. The predicted octanol–water partition coefficient (Wildman–Crippen LogP) is 4.72. The van der Waals surface area contributed by atoms with Crippen LogP contribution in [0.2, 0.25) is 0 Å². The number of benzene rings is 1. The van der Waals surface area contributed by atoms with Crippen LogP contribution in [0.1, 0.15) is 12.8 Å². The summed E-state index contributed by atoms with van der Waals surface area (Å²) < 4.78 is 0. The zero-order chi connectivity index (χ0) is 20.5. The van der Waals surface area contributed by atoms with Crippen molar-refractivity contribution in [2.45, 2.75) is 18.9 Å². The van der Waals surface area contributed by atoms with E-state index in [9.17, 15) is 4.79 Å². The first-order valence-corrected chi connectivity index (χ1v) is 11.6. The lowest BCUT2D eigenvalue weighted by atomic mass is 10.0. The number of carbonyl (C=O) groups is 1. The first-order chi connectivity index (χ1) is 14.7. The second kappa shape index (κ2) is 8.04. The van der Waals surface area contributed by atoms with E-state index in [4.69, 9.17) is 15.7 Å². The summed E-state index contributed by atoms with van der Waals surface area (Å²) in [7, 11) is 0. The van der Waals surface area contributed by atoms with Crippen LogP contribution in [0.3, 0.4) is 0 Å². The van der Waals surface area contributed by atoms with Crippen molar-refractivity contribution < 1.29 is 4.79 Å². The lowest BCUT2D eigenvalue weighted by Gasteiger charge is -2.33. The third-order valence-electron chi connectivity index (χ3n) is 5.38. The molecule has 0 bridgehead atoms. The molecule has 1 saturated heterocycles. The molecule has 1 aliphatic rings. The minimum atomic E-state index is -0.456. The molecule has 30 heavy (non-hydrogen) atoms. The van der Waals surface area contributed by atoms with Crippen LogP contribution in [0.15, 0.2) is 53.2 Å². The van der Waals surface area contributed by atoms with Gasteiger partial charge in [-0.2, -0.15) is 0 Å². The molecule has 1 fully saturated rings. The number of aromatic nitrogens is 2. The number of amides is 2. The first kappa shape index (κ1) is 19.0. The maximum Gasteiger partial charge on any atom is 0.312 e. The van der Waals surface area contributed by atoms with E-state index in [1.807, 2.05) is 17.5 Å². The Bertz CT molecular complexity index is 1170. The molecule has 0 spiro atoms. The smallest absolute Gasteiger partial charge is 0.312 e. The summed E-state index contributed by atoms with van der Waals surface area (Å²) in [6.07, 6.45) is 1.68. The topological polar surface area (TPSA) is 84.1 Å². The molecule has 6 nitrogen and oxygen atoms in total. The van der Waals surface area contributed by atoms with E-state index in [-0.39, 0.29) is 6.04 Å². The van der Waals surface area contributed by atoms with Gasteiger partial charge in [0.25, 0.3) is 0 Å². The molecular formula is C22H21N5OS2. The van der Waals surface area contributed by atoms with Crippen LogP contribution in [0.25, 0.3) is 32.0 Å². The van der Waals surface area contributed by atoms with Crippen LogP contribution < -0.4 is 16.0 Å². The van der Waals surface area contributed by atoms with Crippen LogP contribution in [-0.4, -0.2) is 35.1 Å². The van der Waals surface area contributed by atoms with Crippen LogP contribution in [0, 0.1) is 0 Å². The Morgan fingerprint density at radius 1 is 1.07 bits per heavy atom. The summed E-state index contributed by atoms with van der Waals surface area (Å²) in [6.45, 7) is 1.62. The molecule has 152 valence electrons. The van der Waals surface area contributed by atoms with Crippen molar-refractivity contribution in [3.63, 3.8) is 0 Å². The summed E-state index contributed by atoms with van der Waals surface area (Å²) >= 11 is 3.31. The summed E-state index contributed by atoms with van der Waals surface area (Å²) in [6, 6.07) is 14.1. The maximum atomic E-state index is 11.2. The predicted molar refractivity (Wildman–Crippen MR) is 124 cm³/mol. The number of carbonyl (C=O) groups excluding carboxylic acids is 1.